The standard InChI is InChI=1S/C62H111NO18/c1-3-5-7-9-11-13-15-16-17-18-19-20-21-22-23-24-25-26-27-28-30-32-34-36-38-40-50(68)63-45(46(67)39-37-35-33-31-29-14-12-10-8-6-4-2)44-76-60-56(74)53(71)58(48(42-65)78-60)81-62-57(75)54(72)59(49(43-66)79-62)80-61-55(73)52(70)51(69)47(41-64)77-61/h15-16,18-19,29,31,37,39,45-49,51-62,64-67,69-75H,3-14,17,20-28,30,32-36,38,40-44H2,1-2H3,(H,63,68)/b16-15-,19-18-,31-29+,39-37+. The Bertz CT molecular complexity index is 1670. The monoisotopic (exact) mass is 1160 g/mol. The zero-order valence-corrected chi connectivity index (χ0v) is 49.3. The van der Waals surface area contributed by atoms with Crippen molar-refractivity contribution in [1.82, 2.24) is 5.32 Å². The summed E-state index contributed by atoms with van der Waals surface area (Å²) >= 11 is 0. The van der Waals surface area contributed by atoms with Crippen molar-refractivity contribution >= 4 is 5.91 Å². The van der Waals surface area contributed by atoms with E-state index in [0.29, 0.717) is 12.8 Å². The Morgan fingerprint density at radius 1 is 0.444 bits per heavy atom. The molecular weight excluding hydrogens is 1050 g/mol. The SMILES string of the molecule is CCCCCCC/C=C\C/C=C\CCCCCCCCCCCCCCCC(=O)NC(COC1OC(CO)C(OC2OC(CO)C(OC3OC(CO)C(O)C(O)C3O)C(O)C2O)C(O)C1O)C(O)/C=C/CC/C=C/CCCCCCC. The van der Waals surface area contributed by atoms with Crippen molar-refractivity contribution in [3.63, 3.8) is 0 Å². The Balaban J connectivity index is 1.43. The highest BCUT2D eigenvalue weighted by Crippen LogP contribution is 2.33. The van der Waals surface area contributed by atoms with Crippen LogP contribution in [0.1, 0.15) is 206 Å². The topological polar surface area (TPSA) is 307 Å². The first-order valence-electron chi connectivity index (χ1n) is 31.4. The first-order chi connectivity index (χ1) is 39.3. The molecule has 81 heavy (non-hydrogen) atoms. The quantitative estimate of drug-likeness (QED) is 0.0236. The molecule has 3 saturated heterocycles. The number of hydrogen-bond acceptors (Lipinski definition) is 18. The molecule has 0 aromatic carbocycles. The largest absolute Gasteiger partial charge is 0.394 e. The fourth-order valence-electron chi connectivity index (χ4n) is 10.4. The van der Waals surface area contributed by atoms with Crippen molar-refractivity contribution in [2.24, 2.45) is 0 Å². The van der Waals surface area contributed by atoms with E-state index in [1.165, 1.54) is 128 Å². The van der Waals surface area contributed by atoms with Crippen LogP contribution < -0.4 is 5.32 Å². The van der Waals surface area contributed by atoms with E-state index >= 15 is 0 Å². The maximum absolute atomic E-state index is 13.3. The summed E-state index contributed by atoms with van der Waals surface area (Å²) in [5.74, 6) is -0.289. The van der Waals surface area contributed by atoms with Crippen LogP contribution in [0.5, 0.6) is 0 Å². The van der Waals surface area contributed by atoms with Gasteiger partial charge in [0, 0.05) is 6.42 Å². The molecule has 12 N–H and O–H groups in total. The maximum atomic E-state index is 13.3. The summed E-state index contributed by atoms with van der Waals surface area (Å²) in [4.78, 5) is 13.3. The summed E-state index contributed by atoms with van der Waals surface area (Å²) in [6.07, 6.45) is 24.0. The Kier molecular flexibility index (Phi) is 40.7. The van der Waals surface area contributed by atoms with Gasteiger partial charge >= 0.3 is 0 Å². The molecule has 3 rings (SSSR count). The molecule has 19 nitrogen and oxygen atoms in total. The predicted octanol–water partition coefficient (Wildman–Crippen LogP) is 6.26. The Morgan fingerprint density at radius 3 is 1.31 bits per heavy atom. The first-order valence-corrected chi connectivity index (χ1v) is 31.4. The molecule has 0 aromatic rings. The second-order valence-corrected chi connectivity index (χ2v) is 22.5. The number of carbonyl (C=O) groups excluding carboxylic acids is 1. The fraction of sp³-hybridized carbons (Fsp3) is 0.855. The van der Waals surface area contributed by atoms with Gasteiger partial charge in [-0.15, -0.1) is 0 Å². The molecule has 3 heterocycles. The van der Waals surface area contributed by atoms with Gasteiger partial charge in [-0.3, -0.25) is 4.79 Å². The van der Waals surface area contributed by atoms with Gasteiger partial charge in [0.05, 0.1) is 38.6 Å². The van der Waals surface area contributed by atoms with Crippen LogP contribution in [-0.2, 0) is 33.2 Å². The van der Waals surface area contributed by atoms with Crippen molar-refractivity contribution in [3.8, 4) is 0 Å². The third-order valence-electron chi connectivity index (χ3n) is 15.6. The summed E-state index contributed by atoms with van der Waals surface area (Å²) in [5.41, 5.74) is 0. The van der Waals surface area contributed by atoms with Gasteiger partial charge < -0.3 is 89.9 Å². The number of aliphatic hydroxyl groups is 11. The Hall–Kier alpha value is -2.25. The lowest BCUT2D eigenvalue weighted by atomic mass is 9.96. The molecule has 3 aliphatic rings. The number of allylic oxidation sites excluding steroid dienone is 7. The number of carbonyl (C=O) groups is 1. The van der Waals surface area contributed by atoms with E-state index in [9.17, 15) is 61.0 Å². The number of ether oxygens (including phenoxy) is 6. The molecule has 0 saturated carbocycles. The highest BCUT2D eigenvalue weighted by Gasteiger charge is 2.53. The number of rotatable bonds is 46. The molecule has 19 heteroatoms. The summed E-state index contributed by atoms with van der Waals surface area (Å²) in [7, 11) is 0. The van der Waals surface area contributed by atoms with E-state index < -0.39 is 124 Å². The van der Waals surface area contributed by atoms with Crippen LogP contribution in [0.3, 0.4) is 0 Å². The highest BCUT2D eigenvalue weighted by molar-refractivity contribution is 5.76. The molecule has 3 aliphatic heterocycles. The van der Waals surface area contributed by atoms with Crippen LogP contribution in [0.2, 0.25) is 0 Å². The van der Waals surface area contributed by atoms with E-state index in [4.69, 9.17) is 28.4 Å². The molecule has 0 bridgehead atoms. The number of nitrogens with one attached hydrogen (secondary N) is 1. The van der Waals surface area contributed by atoms with Crippen LogP contribution in [0.25, 0.3) is 0 Å². The highest BCUT2D eigenvalue weighted by atomic mass is 16.8. The van der Waals surface area contributed by atoms with Crippen molar-refractivity contribution in [2.45, 2.75) is 311 Å². The first kappa shape index (κ1) is 73.0. The average Bonchev–Trinajstić information content (AvgIpc) is 3.51. The van der Waals surface area contributed by atoms with Crippen LogP contribution in [0.15, 0.2) is 48.6 Å². The Labute approximate surface area is 484 Å². The van der Waals surface area contributed by atoms with Crippen LogP contribution in [-0.4, -0.2) is 193 Å². The molecule has 3 fully saturated rings. The van der Waals surface area contributed by atoms with Crippen LogP contribution in [0.4, 0.5) is 0 Å². The molecule has 0 aromatic heterocycles. The van der Waals surface area contributed by atoms with Gasteiger partial charge in [0.15, 0.2) is 18.9 Å². The third-order valence-corrected chi connectivity index (χ3v) is 15.6. The normalized spacial score (nSPS) is 30.1. The number of amides is 1. The van der Waals surface area contributed by atoms with Crippen molar-refractivity contribution in [1.29, 1.82) is 0 Å². The summed E-state index contributed by atoms with van der Waals surface area (Å²) < 4.78 is 34.2. The average molecular weight is 1160 g/mol. The van der Waals surface area contributed by atoms with E-state index in [0.717, 1.165) is 44.9 Å². The minimum Gasteiger partial charge on any atom is -0.394 e. The zero-order chi connectivity index (χ0) is 59.0. The van der Waals surface area contributed by atoms with Crippen LogP contribution >= 0.6 is 0 Å². The lowest BCUT2D eigenvalue weighted by Crippen LogP contribution is -2.66. The fourth-order valence-corrected chi connectivity index (χ4v) is 10.4. The number of aliphatic hydroxyl groups excluding tert-OH is 11. The van der Waals surface area contributed by atoms with Gasteiger partial charge in [-0.25, -0.2) is 0 Å². The van der Waals surface area contributed by atoms with E-state index in [-0.39, 0.29) is 18.9 Å². The van der Waals surface area contributed by atoms with E-state index in [2.05, 4.69) is 55.6 Å². The molecule has 1 amide bonds. The van der Waals surface area contributed by atoms with Gasteiger partial charge in [-0.05, 0) is 64.2 Å². The number of unbranched alkanes of at least 4 members (excludes halogenated alkanes) is 24. The zero-order valence-electron chi connectivity index (χ0n) is 49.3. The lowest BCUT2D eigenvalue weighted by molar-refractivity contribution is -0.379. The summed E-state index contributed by atoms with van der Waals surface area (Å²) in [5, 5.41) is 120. The molecule has 17 unspecified atom stereocenters. The summed E-state index contributed by atoms with van der Waals surface area (Å²) in [6, 6.07) is -0.989. The van der Waals surface area contributed by atoms with Gasteiger partial charge in [0.25, 0.3) is 0 Å². The molecule has 17 atom stereocenters. The Morgan fingerprint density at radius 2 is 0.827 bits per heavy atom. The maximum Gasteiger partial charge on any atom is 0.220 e. The molecule has 472 valence electrons. The van der Waals surface area contributed by atoms with Crippen molar-refractivity contribution in [3.05, 3.63) is 48.6 Å². The van der Waals surface area contributed by atoms with Crippen LogP contribution in [0, 0.1) is 0 Å². The third kappa shape index (κ3) is 28.7. The molecular formula is C62H111NO18. The smallest absolute Gasteiger partial charge is 0.220 e. The van der Waals surface area contributed by atoms with Gasteiger partial charge in [0.1, 0.15) is 73.2 Å². The molecule has 0 radical (unpaired) electrons. The summed E-state index contributed by atoms with van der Waals surface area (Å²) in [6.45, 7) is 1.66. The van der Waals surface area contributed by atoms with Gasteiger partial charge in [-0.1, -0.05) is 184 Å². The van der Waals surface area contributed by atoms with E-state index in [1.807, 2.05) is 6.08 Å². The lowest BCUT2D eigenvalue weighted by Gasteiger charge is -2.48. The van der Waals surface area contributed by atoms with E-state index in [1.54, 1.807) is 6.08 Å². The minimum atomic E-state index is -1.98. The van der Waals surface area contributed by atoms with Gasteiger partial charge in [0.2, 0.25) is 5.91 Å². The molecule has 0 aliphatic carbocycles. The second kappa shape index (κ2) is 45.1. The predicted molar refractivity (Wildman–Crippen MR) is 309 cm³/mol. The molecule has 0 spiro atoms. The van der Waals surface area contributed by atoms with Gasteiger partial charge in [-0.2, -0.15) is 0 Å². The van der Waals surface area contributed by atoms with Crippen molar-refractivity contribution < 1.29 is 89.4 Å². The second-order valence-electron chi connectivity index (χ2n) is 22.5. The number of hydrogen-bond donors (Lipinski definition) is 12. The van der Waals surface area contributed by atoms with Crippen molar-refractivity contribution in [2.75, 3.05) is 26.4 Å². The minimum absolute atomic E-state index is 0.234.